The first-order chi connectivity index (χ1) is 16.8. The van der Waals surface area contributed by atoms with Crippen molar-refractivity contribution in [2.75, 3.05) is 40.5 Å². The van der Waals surface area contributed by atoms with Crippen molar-refractivity contribution in [2.45, 2.75) is 11.3 Å². The highest BCUT2D eigenvalue weighted by Gasteiger charge is 2.19. The Bertz CT molecular complexity index is 1380. The van der Waals surface area contributed by atoms with Crippen molar-refractivity contribution in [1.82, 2.24) is 5.32 Å². The third-order valence-electron chi connectivity index (χ3n) is 5.50. The molecule has 0 bridgehead atoms. The summed E-state index contributed by atoms with van der Waals surface area (Å²) in [7, 11) is -7.84. The number of nitrogens with one attached hydrogen (secondary N) is 3. The zero-order valence-corrected chi connectivity index (χ0v) is 22.0. The van der Waals surface area contributed by atoms with Crippen LogP contribution in [0.1, 0.15) is 12.0 Å². The van der Waals surface area contributed by atoms with Crippen LogP contribution in [-0.2, 0) is 20.0 Å². The molecule has 11 heteroatoms. The van der Waals surface area contributed by atoms with Crippen molar-refractivity contribution in [3.8, 4) is 0 Å². The van der Waals surface area contributed by atoms with E-state index in [2.05, 4.69) is 19.7 Å². The topological polar surface area (TPSA) is 108 Å². The highest BCUT2D eigenvalue weighted by Crippen LogP contribution is 2.31. The highest BCUT2D eigenvalue weighted by molar-refractivity contribution is 7.95. The molecule has 0 aromatic heterocycles. The predicted molar refractivity (Wildman–Crippen MR) is 149 cm³/mol. The predicted octanol–water partition coefficient (Wildman–Crippen LogP) is 4.12. The van der Waals surface area contributed by atoms with E-state index in [1.807, 2.05) is 18.2 Å². The largest absolute Gasteiger partial charge is 0.370 e. The van der Waals surface area contributed by atoms with Crippen molar-refractivity contribution in [2.24, 2.45) is 0 Å². The van der Waals surface area contributed by atoms with Crippen molar-refractivity contribution < 1.29 is 16.8 Å². The van der Waals surface area contributed by atoms with Gasteiger partial charge in [-0.3, -0.25) is 9.44 Å². The molecule has 0 unspecified atom stereocenters. The zero-order valence-electron chi connectivity index (χ0n) is 19.5. The summed E-state index contributed by atoms with van der Waals surface area (Å²) in [6.45, 7) is 3.29. The fourth-order valence-electron chi connectivity index (χ4n) is 3.73. The molecule has 1 fully saturated rings. The van der Waals surface area contributed by atoms with Crippen molar-refractivity contribution >= 4 is 55.6 Å². The van der Waals surface area contributed by atoms with Crippen LogP contribution in [0.4, 0.5) is 17.1 Å². The second-order valence-electron chi connectivity index (χ2n) is 8.10. The molecule has 3 aromatic carbocycles. The molecule has 3 N–H and O–H groups in total. The van der Waals surface area contributed by atoms with Gasteiger partial charge in [-0.2, -0.15) is 0 Å². The average Bonchev–Trinajstić information content (AvgIpc) is 3.15. The molecular weight excluding hydrogens is 520 g/mol. The number of hydrogen-bond acceptors (Lipinski definition) is 6. The zero-order chi connectivity index (χ0) is 24.7. The Balaban J connectivity index is 0.00000361. The lowest BCUT2D eigenvalue weighted by molar-refractivity contribution is 0.600. The first-order valence-corrected chi connectivity index (χ1v) is 14.3. The molecule has 1 saturated heterocycles. The SMILES string of the molecule is Cl.O=S(=O)(/C=C/c1ccccc1)Nc1cc(N2CCCNCC2)ccc1NS(=O)(=O)c1ccccc1. The Kier molecular flexibility index (Phi) is 9.38. The van der Waals surface area contributed by atoms with E-state index in [4.69, 9.17) is 0 Å². The van der Waals surface area contributed by atoms with Gasteiger partial charge in [-0.15, -0.1) is 12.4 Å². The number of benzene rings is 3. The fraction of sp³-hybridized carbons (Fsp3) is 0.200. The molecule has 0 spiro atoms. The number of sulfonamides is 2. The van der Waals surface area contributed by atoms with Gasteiger partial charge in [0.25, 0.3) is 20.0 Å². The molecule has 1 aliphatic heterocycles. The standard InChI is InChI=1S/C25H28N4O4S2.ClH/c30-34(31,19-14-21-8-3-1-4-9-21)27-25-20-22(29-17-7-15-26-16-18-29)12-13-24(25)28-35(32,33)23-10-5-2-6-11-23;/h1-6,8-14,19-20,26-28H,7,15-18H2;1H/b19-14+;. The molecule has 8 nitrogen and oxygen atoms in total. The van der Waals surface area contributed by atoms with Gasteiger partial charge < -0.3 is 10.2 Å². The molecule has 0 aliphatic carbocycles. The Hall–Kier alpha value is -3.05. The maximum absolute atomic E-state index is 12.9. The van der Waals surface area contributed by atoms with E-state index < -0.39 is 20.0 Å². The van der Waals surface area contributed by atoms with Gasteiger partial charge in [0.1, 0.15) is 0 Å². The van der Waals surface area contributed by atoms with Gasteiger partial charge in [0.2, 0.25) is 0 Å². The van der Waals surface area contributed by atoms with E-state index in [1.165, 1.54) is 18.2 Å². The van der Waals surface area contributed by atoms with Crippen LogP contribution in [0.25, 0.3) is 6.08 Å². The Labute approximate surface area is 218 Å². The van der Waals surface area contributed by atoms with Gasteiger partial charge in [0.05, 0.1) is 21.7 Å². The van der Waals surface area contributed by atoms with Gasteiger partial charge in [0, 0.05) is 25.3 Å². The van der Waals surface area contributed by atoms with Crippen LogP contribution in [0.2, 0.25) is 0 Å². The number of hydrogen-bond donors (Lipinski definition) is 3. The average molecular weight is 549 g/mol. The van der Waals surface area contributed by atoms with Crippen LogP contribution in [-0.4, -0.2) is 43.0 Å². The third kappa shape index (κ3) is 7.47. The van der Waals surface area contributed by atoms with Crippen LogP contribution >= 0.6 is 12.4 Å². The number of halogens is 1. The molecule has 4 rings (SSSR count). The summed E-state index contributed by atoms with van der Waals surface area (Å²) in [5.74, 6) is 0. The molecular formula is C25H29ClN4O4S2. The van der Waals surface area contributed by atoms with Crippen LogP contribution in [0.15, 0.2) is 89.2 Å². The quantitative estimate of drug-likeness (QED) is 0.391. The van der Waals surface area contributed by atoms with E-state index in [9.17, 15) is 16.8 Å². The van der Waals surface area contributed by atoms with Crippen LogP contribution < -0.4 is 19.7 Å². The monoisotopic (exact) mass is 548 g/mol. The molecule has 192 valence electrons. The van der Waals surface area contributed by atoms with Crippen LogP contribution in [0, 0.1) is 0 Å². The number of nitrogens with zero attached hydrogens (tertiary/aromatic N) is 1. The lowest BCUT2D eigenvalue weighted by atomic mass is 10.2. The maximum Gasteiger partial charge on any atom is 0.261 e. The van der Waals surface area contributed by atoms with Crippen molar-refractivity contribution in [3.05, 3.63) is 89.8 Å². The van der Waals surface area contributed by atoms with E-state index in [1.54, 1.807) is 48.5 Å². The summed E-state index contributed by atoms with van der Waals surface area (Å²) in [4.78, 5) is 2.23. The van der Waals surface area contributed by atoms with Gasteiger partial charge in [-0.1, -0.05) is 48.5 Å². The second kappa shape index (κ2) is 12.3. The summed E-state index contributed by atoms with van der Waals surface area (Å²) in [6, 6.07) is 22.1. The minimum absolute atomic E-state index is 0. The lowest BCUT2D eigenvalue weighted by Gasteiger charge is -2.24. The summed E-state index contributed by atoms with van der Waals surface area (Å²) in [5, 5.41) is 4.41. The molecule has 0 radical (unpaired) electrons. The molecule has 1 heterocycles. The normalized spacial score (nSPS) is 14.6. The molecule has 0 saturated carbocycles. The molecule has 1 aliphatic rings. The minimum atomic E-state index is -3.93. The first kappa shape index (κ1) is 27.5. The van der Waals surface area contributed by atoms with E-state index in [-0.39, 0.29) is 28.7 Å². The Morgan fingerprint density at radius 1 is 0.778 bits per heavy atom. The second-order valence-corrected chi connectivity index (χ2v) is 11.3. The van der Waals surface area contributed by atoms with Gasteiger partial charge in [-0.25, -0.2) is 16.8 Å². The first-order valence-electron chi connectivity index (χ1n) is 11.3. The van der Waals surface area contributed by atoms with E-state index in [0.717, 1.165) is 49.3 Å². The Morgan fingerprint density at radius 3 is 2.19 bits per heavy atom. The summed E-state index contributed by atoms with van der Waals surface area (Å²) in [5.41, 5.74) is 1.83. The number of anilines is 3. The van der Waals surface area contributed by atoms with Gasteiger partial charge in [-0.05, 0) is 54.9 Å². The minimum Gasteiger partial charge on any atom is -0.370 e. The smallest absolute Gasteiger partial charge is 0.261 e. The summed E-state index contributed by atoms with van der Waals surface area (Å²) < 4.78 is 56.8. The number of rotatable bonds is 8. The molecule has 36 heavy (non-hydrogen) atoms. The fourth-order valence-corrected chi connectivity index (χ4v) is 5.71. The lowest BCUT2D eigenvalue weighted by Crippen LogP contribution is -2.28. The molecule has 0 amide bonds. The summed E-state index contributed by atoms with van der Waals surface area (Å²) >= 11 is 0. The van der Waals surface area contributed by atoms with Crippen LogP contribution in [0.3, 0.4) is 0 Å². The Morgan fingerprint density at radius 2 is 1.47 bits per heavy atom. The van der Waals surface area contributed by atoms with Gasteiger partial charge >= 0.3 is 0 Å². The van der Waals surface area contributed by atoms with Crippen molar-refractivity contribution in [1.29, 1.82) is 0 Å². The van der Waals surface area contributed by atoms with Crippen molar-refractivity contribution in [3.63, 3.8) is 0 Å². The van der Waals surface area contributed by atoms with E-state index in [0.29, 0.717) is 0 Å². The summed E-state index contributed by atoms with van der Waals surface area (Å²) in [6.07, 6.45) is 2.43. The highest BCUT2D eigenvalue weighted by atomic mass is 35.5. The molecule has 3 aromatic rings. The van der Waals surface area contributed by atoms with Gasteiger partial charge in [0.15, 0.2) is 0 Å². The molecule has 0 atom stereocenters. The maximum atomic E-state index is 12.9. The van der Waals surface area contributed by atoms with Crippen LogP contribution in [0.5, 0.6) is 0 Å². The van der Waals surface area contributed by atoms with E-state index >= 15 is 0 Å². The third-order valence-corrected chi connectivity index (χ3v) is 7.88.